The predicted molar refractivity (Wildman–Crippen MR) is 116 cm³/mol. The molecule has 1 amide bonds. The summed E-state index contributed by atoms with van der Waals surface area (Å²) in [7, 11) is 1.43. The minimum Gasteiger partial charge on any atom is -0.507 e. The number of benzene rings is 1. The average Bonchev–Trinajstić information content (AvgIpc) is 2.98. The number of carbonyl (C=O) groups excluding carboxylic acids is 2. The van der Waals surface area contributed by atoms with Gasteiger partial charge in [-0.3, -0.25) is 14.6 Å². The van der Waals surface area contributed by atoms with E-state index < -0.39 is 17.7 Å². The molecule has 1 fully saturated rings. The summed E-state index contributed by atoms with van der Waals surface area (Å²) in [4.78, 5) is 31.2. The van der Waals surface area contributed by atoms with Crippen molar-refractivity contribution in [2.24, 2.45) is 0 Å². The van der Waals surface area contributed by atoms with Crippen LogP contribution in [-0.2, 0) is 9.59 Å². The summed E-state index contributed by atoms with van der Waals surface area (Å²) in [5, 5.41) is 11.4. The predicted octanol–water partition coefficient (Wildman–Crippen LogP) is 5.01. The number of ether oxygens (including phenoxy) is 1. The fourth-order valence-electron chi connectivity index (χ4n) is 3.58. The Hall–Kier alpha value is -2.57. The summed E-state index contributed by atoms with van der Waals surface area (Å²) in [5.74, 6) is -1.45. The molecular formula is C22H22Cl2N2O4. The maximum Gasteiger partial charge on any atom is 0.295 e. The quantitative estimate of drug-likeness (QED) is 0.278. The van der Waals surface area contributed by atoms with Gasteiger partial charge in [0.2, 0.25) is 0 Å². The van der Waals surface area contributed by atoms with Crippen LogP contribution in [0.2, 0.25) is 10.0 Å². The van der Waals surface area contributed by atoms with Crippen molar-refractivity contribution in [3.8, 4) is 5.75 Å². The molecule has 1 N–H and O–H groups in total. The van der Waals surface area contributed by atoms with Crippen LogP contribution < -0.4 is 4.74 Å². The number of aliphatic hydroxyl groups is 1. The number of aromatic nitrogens is 1. The summed E-state index contributed by atoms with van der Waals surface area (Å²) in [5.41, 5.74) is 0.921. The number of rotatable bonds is 7. The van der Waals surface area contributed by atoms with Crippen LogP contribution in [0.4, 0.5) is 0 Å². The standard InChI is InChI=1S/C22H22Cl2N2O4/c1-3-4-5-10-26-18(13-6-8-25-9-7-13)17(20(28)22(26)29)19(27)14-11-15(23)21(30-2)16(24)12-14/h6-9,11-12,18,27H,3-5,10H2,1-2H3/b19-17+. The molecule has 2 heterocycles. The van der Waals surface area contributed by atoms with Crippen LogP contribution in [0, 0.1) is 0 Å². The Morgan fingerprint density at radius 3 is 2.37 bits per heavy atom. The SMILES string of the molecule is CCCCCN1C(=O)C(=O)/C(=C(/O)c2cc(Cl)c(OC)c(Cl)c2)C1c1ccncc1. The second-order valence-corrected chi connectivity index (χ2v) is 7.77. The molecule has 1 atom stereocenters. The first-order chi connectivity index (χ1) is 14.4. The molecule has 0 saturated carbocycles. The van der Waals surface area contributed by atoms with Crippen LogP contribution in [0.3, 0.4) is 0 Å². The number of unbranched alkanes of at least 4 members (excludes halogenated alkanes) is 2. The molecule has 1 aromatic heterocycles. The molecule has 2 aromatic rings. The third-order valence-electron chi connectivity index (χ3n) is 5.04. The van der Waals surface area contributed by atoms with Gasteiger partial charge in [0.15, 0.2) is 5.75 Å². The summed E-state index contributed by atoms with van der Waals surface area (Å²) in [6.07, 6.45) is 5.83. The van der Waals surface area contributed by atoms with Crippen molar-refractivity contribution in [1.82, 2.24) is 9.88 Å². The summed E-state index contributed by atoms with van der Waals surface area (Å²) in [6.45, 7) is 2.47. The number of amides is 1. The number of Topliss-reactive ketones (excluding diaryl/α,β-unsaturated/α-hetero) is 1. The van der Waals surface area contributed by atoms with Gasteiger partial charge in [0.05, 0.1) is 28.8 Å². The Morgan fingerprint density at radius 2 is 1.80 bits per heavy atom. The van der Waals surface area contributed by atoms with Crippen molar-refractivity contribution in [3.63, 3.8) is 0 Å². The molecule has 1 unspecified atom stereocenters. The first-order valence-corrected chi connectivity index (χ1v) is 10.4. The van der Waals surface area contributed by atoms with Gasteiger partial charge >= 0.3 is 0 Å². The third-order valence-corrected chi connectivity index (χ3v) is 5.60. The Morgan fingerprint density at radius 1 is 1.17 bits per heavy atom. The van der Waals surface area contributed by atoms with E-state index in [1.807, 2.05) is 0 Å². The molecular weight excluding hydrogens is 427 g/mol. The molecule has 0 bridgehead atoms. The van der Waals surface area contributed by atoms with E-state index in [1.165, 1.54) is 24.1 Å². The van der Waals surface area contributed by atoms with E-state index in [0.717, 1.165) is 19.3 Å². The van der Waals surface area contributed by atoms with E-state index in [-0.39, 0.29) is 32.7 Å². The van der Waals surface area contributed by atoms with Crippen LogP contribution in [0.15, 0.2) is 42.2 Å². The number of methoxy groups -OCH3 is 1. The molecule has 0 aliphatic carbocycles. The van der Waals surface area contributed by atoms with Gasteiger partial charge in [0.1, 0.15) is 5.76 Å². The number of hydrogen-bond donors (Lipinski definition) is 1. The fourth-order valence-corrected chi connectivity index (χ4v) is 4.22. The van der Waals surface area contributed by atoms with Crippen molar-refractivity contribution >= 4 is 40.7 Å². The van der Waals surface area contributed by atoms with Gasteiger partial charge in [0, 0.05) is 24.5 Å². The highest BCUT2D eigenvalue weighted by Gasteiger charge is 2.45. The maximum absolute atomic E-state index is 12.9. The second-order valence-electron chi connectivity index (χ2n) is 6.95. The Balaban J connectivity index is 2.14. The lowest BCUT2D eigenvalue weighted by Gasteiger charge is -2.25. The Bertz CT molecular complexity index is 969. The molecule has 1 aromatic carbocycles. The van der Waals surface area contributed by atoms with E-state index in [1.54, 1.807) is 24.5 Å². The lowest BCUT2D eigenvalue weighted by Crippen LogP contribution is -2.30. The molecule has 0 spiro atoms. The van der Waals surface area contributed by atoms with E-state index in [2.05, 4.69) is 11.9 Å². The van der Waals surface area contributed by atoms with Crippen LogP contribution in [0.1, 0.15) is 43.4 Å². The zero-order valence-electron chi connectivity index (χ0n) is 16.7. The molecule has 158 valence electrons. The average molecular weight is 449 g/mol. The van der Waals surface area contributed by atoms with E-state index >= 15 is 0 Å². The Labute approximate surface area is 185 Å². The topological polar surface area (TPSA) is 79.7 Å². The number of likely N-dealkylation sites (tertiary alicyclic amines) is 1. The molecule has 30 heavy (non-hydrogen) atoms. The first kappa shape index (κ1) is 22.1. The lowest BCUT2D eigenvalue weighted by molar-refractivity contribution is -0.139. The van der Waals surface area contributed by atoms with Crippen LogP contribution in [0.25, 0.3) is 5.76 Å². The van der Waals surface area contributed by atoms with Crippen LogP contribution in [-0.4, -0.2) is 40.3 Å². The van der Waals surface area contributed by atoms with Gasteiger partial charge in [-0.1, -0.05) is 43.0 Å². The summed E-state index contributed by atoms with van der Waals surface area (Å²) < 4.78 is 5.14. The molecule has 1 aliphatic heterocycles. The van der Waals surface area contributed by atoms with Crippen LogP contribution in [0.5, 0.6) is 5.75 Å². The molecule has 3 rings (SSSR count). The minimum absolute atomic E-state index is 0.00000126. The monoisotopic (exact) mass is 448 g/mol. The van der Waals surface area contributed by atoms with Gasteiger partial charge in [-0.15, -0.1) is 0 Å². The number of pyridine rings is 1. The number of aliphatic hydroxyl groups excluding tert-OH is 1. The van der Waals surface area contributed by atoms with Gasteiger partial charge in [-0.2, -0.15) is 0 Å². The number of carbonyl (C=O) groups is 2. The van der Waals surface area contributed by atoms with Gasteiger partial charge in [-0.05, 0) is 36.2 Å². The minimum atomic E-state index is -0.742. The molecule has 1 saturated heterocycles. The van der Waals surface area contributed by atoms with E-state index in [4.69, 9.17) is 27.9 Å². The van der Waals surface area contributed by atoms with Crippen molar-refractivity contribution in [2.75, 3.05) is 13.7 Å². The van der Waals surface area contributed by atoms with Crippen molar-refractivity contribution < 1.29 is 19.4 Å². The van der Waals surface area contributed by atoms with Crippen LogP contribution >= 0.6 is 23.2 Å². The van der Waals surface area contributed by atoms with Gasteiger partial charge < -0.3 is 14.7 Å². The zero-order valence-corrected chi connectivity index (χ0v) is 18.2. The highest BCUT2D eigenvalue weighted by molar-refractivity contribution is 6.46. The Kier molecular flexibility index (Phi) is 7.00. The number of ketones is 1. The lowest BCUT2D eigenvalue weighted by atomic mass is 9.96. The molecule has 8 heteroatoms. The van der Waals surface area contributed by atoms with Crippen molar-refractivity contribution in [2.45, 2.75) is 32.2 Å². The highest BCUT2D eigenvalue weighted by atomic mass is 35.5. The van der Waals surface area contributed by atoms with Gasteiger partial charge in [-0.25, -0.2) is 0 Å². The van der Waals surface area contributed by atoms with E-state index in [0.29, 0.717) is 12.1 Å². The smallest absolute Gasteiger partial charge is 0.295 e. The second kappa shape index (κ2) is 9.49. The largest absolute Gasteiger partial charge is 0.507 e. The zero-order chi connectivity index (χ0) is 21.8. The van der Waals surface area contributed by atoms with E-state index in [9.17, 15) is 14.7 Å². The first-order valence-electron chi connectivity index (χ1n) is 9.62. The summed E-state index contributed by atoms with van der Waals surface area (Å²) >= 11 is 12.4. The van der Waals surface area contributed by atoms with Crippen molar-refractivity contribution in [3.05, 3.63) is 63.4 Å². The fraction of sp³-hybridized carbons (Fsp3) is 0.318. The normalized spacial score (nSPS) is 18.1. The van der Waals surface area contributed by atoms with Crippen molar-refractivity contribution in [1.29, 1.82) is 0 Å². The number of halogens is 2. The van der Waals surface area contributed by atoms with Gasteiger partial charge in [0.25, 0.3) is 11.7 Å². The third kappa shape index (κ3) is 4.16. The molecule has 0 radical (unpaired) electrons. The highest BCUT2D eigenvalue weighted by Crippen LogP contribution is 2.41. The number of hydrogen-bond acceptors (Lipinski definition) is 5. The molecule has 1 aliphatic rings. The molecule has 6 nitrogen and oxygen atoms in total. The summed E-state index contributed by atoms with van der Waals surface area (Å²) in [6, 6.07) is 5.64. The number of nitrogens with zero attached hydrogens (tertiary/aromatic N) is 2. The maximum atomic E-state index is 12.9.